The summed E-state index contributed by atoms with van der Waals surface area (Å²) >= 11 is 1.71. The van der Waals surface area contributed by atoms with Gasteiger partial charge in [0.15, 0.2) is 0 Å². The maximum atomic E-state index is 4.80. The minimum absolute atomic E-state index is 0.265. The predicted octanol–water partition coefficient (Wildman–Crippen LogP) is 3.32. The van der Waals surface area contributed by atoms with Crippen LogP contribution >= 0.6 is 11.3 Å². The monoisotopic (exact) mass is 300 g/mol. The number of hydrogen-bond donors (Lipinski definition) is 1. The summed E-state index contributed by atoms with van der Waals surface area (Å²) in [6.45, 7) is 5.09. The Bertz CT molecular complexity index is 744. The molecule has 0 bridgehead atoms. The number of para-hydroxylation sites is 1. The smallest absolute Gasteiger partial charge is 0.0798 e. The van der Waals surface area contributed by atoms with E-state index in [-0.39, 0.29) is 6.04 Å². The molecular formula is C16H20N4S. The second kappa shape index (κ2) is 5.95. The SMILES string of the molecule is CCn1nc(CC(NC)c2scnc2C)c2ccccc21. The number of fused-ring (bicyclic) bond motifs is 1. The van der Waals surface area contributed by atoms with Crippen molar-refractivity contribution in [2.24, 2.45) is 0 Å². The molecule has 0 spiro atoms. The van der Waals surface area contributed by atoms with Gasteiger partial charge in [0.25, 0.3) is 0 Å². The lowest BCUT2D eigenvalue weighted by molar-refractivity contribution is 0.577. The minimum Gasteiger partial charge on any atom is -0.312 e. The Morgan fingerprint density at radius 2 is 2.14 bits per heavy atom. The summed E-state index contributed by atoms with van der Waals surface area (Å²) in [5, 5.41) is 9.45. The van der Waals surface area contributed by atoms with Crippen LogP contribution in [-0.2, 0) is 13.0 Å². The van der Waals surface area contributed by atoms with Crippen LogP contribution in [0.1, 0.15) is 29.2 Å². The molecule has 110 valence electrons. The molecule has 0 aliphatic heterocycles. The van der Waals surface area contributed by atoms with Crippen LogP contribution < -0.4 is 5.32 Å². The number of aromatic nitrogens is 3. The van der Waals surface area contributed by atoms with Gasteiger partial charge in [0.1, 0.15) is 0 Å². The first-order chi connectivity index (χ1) is 10.2. The zero-order valence-electron chi connectivity index (χ0n) is 12.6. The largest absolute Gasteiger partial charge is 0.312 e. The third kappa shape index (κ3) is 2.59. The normalized spacial score (nSPS) is 12.9. The highest BCUT2D eigenvalue weighted by Gasteiger charge is 2.18. The highest BCUT2D eigenvalue weighted by molar-refractivity contribution is 7.09. The third-order valence-corrected chi connectivity index (χ3v) is 4.92. The van der Waals surface area contributed by atoms with E-state index >= 15 is 0 Å². The minimum atomic E-state index is 0.265. The highest BCUT2D eigenvalue weighted by Crippen LogP contribution is 2.27. The molecule has 0 amide bonds. The van der Waals surface area contributed by atoms with Crippen molar-refractivity contribution in [2.75, 3.05) is 7.05 Å². The average molecular weight is 300 g/mol. The molecule has 0 saturated carbocycles. The van der Waals surface area contributed by atoms with Gasteiger partial charge in [0.2, 0.25) is 0 Å². The van der Waals surface area contributed by atoms with Gasteiger partial charge in [0, 0.05) is 29.3 Å². The van der Waals surface area contributed by atoms with Crippen molar-refractivity contribution in [2.45, 2.75) is 32.9 Å². The molecule has 1 unspecified atom stereocenters. The van der Waals surface area contributed by atoms with E-state index in [0.29, 0.717) is 0 Å². The van der Waals surface area contributed by atoms with Crippen molar-refractivity contribution >= 4 is 22.2 Å². The lowest BCUT2D eigenvalue weighted by atomic mass is 10.1. The number of hydrogen-bond acceptors (Lipinski definition) is 4. The second-order valence-electron chi connectivity index (χ2n) is 5.13. The number of aryl methyl sites for hydroxylation is 2. The van der Waals surface area contributed by atoms with Crippen LogP contribution in [0.4, 0.5) is 0 Å². The van der Waals surface area contributed by atoms with Crippen LogP contribution in [0.15, 0.2) is 29.8 Å². The molecule has 0 fully saturated rings. The molecule has 4 nitrogen and oxygen atoms in total. The average Bonchev–Trinajstić information content (AvgIpc) is 3.09. The number of nitrogens with zero attached hydrogens (tertiary/aromatic N) is 3. The first kappa shape index (κ1) is 14.2. The molecule has 5 heteroatoms. The Morgan fingerprint density at radius 3 is 2.81 bits per heavy atom. The summed E-state index contributed by atoms with van der Waals surface area (Å²) < 4.78 is 2.08. The fourth-order valence-electron chi connectivity index (χ4n) is 2.75. The van der Waals surface area contributed by atoms with Gasteiger partial charge in [-0.1, -0.05) is 18.2 Å². The Hall–Kier alpha value is -1.72. The van der Waals surface area contributed by atoms with E-state index in [1.54, 1.807) is 11.3 Å². The zero-order chi connectivity index (χ0) is 14.8. The lowest BCUT2D eigenvalue weighted by Gasteiger charge is -2.14. The van der Waals surface area contributed by atoms with Crippen molar-refractivity contribution in [1.82, 2.24) is 20.1 Å². The van der Waals surface area contributed by atoms with Crippen LogP contribution in [0, 0.1) is 6.92 Å². The number of nitrogens with one attached hydrogen (secondary N) is 1. The molecular weight excluding hydrogens is 280 g/mol. The van der Waals surface area contributed by atoms with Gasteiger partial charge in [-0.05, 0) is 27.0 Å². The summed E-state index contributed by atoms with van der Waals surface area (Å²) in [6.07, 6.45) is 0.882. The van der Waals surface area contributed by atoms with E-state index in [0.717, 1.165) is 24.4 Å². The Labute approximate surface area is 128 Å². The fraction of sp³-hybridized carbons (Fsp3) is 0.375. The summed E-state index contributed by atoms with van der Waals surface area (Å²) in [5.41, 5.74) is 5.39. The molecule has 0 aliphatic rings. The standard InChI is InChI=1S/C16H20N4S/c1-4-20-15-8-6-5-7-12(15)13(19-20)9-14(17-3)16-11(2)18-10-21-16/h5-8,10,14,17H,4,9H2,1-3H3. The molecule has 21 heavy (non-hydrogen) atoms. The van der Waals surface area contributed by atoms with E-state index in [1.807, 2.05) is 12.6 Å². The maximum Gasteiger partial charge on any atom is 0.0798 e. The van der Waals surface area contributed by atoms with Gasteiger partial charge in [-0.25, -0.2) is 4.98 Å². The third-order valence-electron chi connectivity index (χ3n) is 3.88. The number of thiazole rings is 1. The van der Waals surface area contributed by atoms with Crippen LogP contribution in [0.2, 0.25) is 0 Å². The first-order valence-electron chi connectivity index (χ1n) is 7.26. The van der Waals surface area contributed by atoms with Crippen LogP contribution in [-0.4, -0.2) is 21.8 Å². The van der Waals surface area contributed by atoms with Gasteiger partial charge >= 0.3 is 0 Å². The highest BCUT2D eigenvalue weighted by atomic mass is 32.1. The van der Waals surface area contributed by atoms with Crippen LogP contribution in [0.5, 0.6) is 0 Å². The van der Waals surface area contributed by atoms with Crippen LogP contribution in [0.3, 0.4) is 0 Å². The molecule has 1 atom stereocenters. The van der Waals surface area contributed by atoms with E-state index < -0.39 is 0 Å². The molecule has 2 aromatic heterocycles. The van der Waals surface area contributed by atoms with E-state index in [4.69, 9.17) is 5.10 Å². The van der Waals surface area contributed by atoms with Crippen molar-refractivity contribution in [3.63, 3.8) is 0 Å². The molecule has 1 N–H and O–H groups in total. The topological polar surface area (TPSA) is 42.7 Å². The Morgan fingerprint density at radius 1 is 1.33 bits per heavy atom. The van der Waals surface area contributed by atoms with Gasteiger partial charge in [-0.3, -0.25) is 4.68 Å². The van der Waals surface area contributed by atoms with Gasteiger partial charge in [-0.15, -0.1) is 11.3 Å². The predicted molar refractivity (Wildman–Crippen MR) is 87.8 cm³/mol. The molecule has 0 saturated heterocycles. The fourth-order valence-corrected chi connectivity index (χ4v) is 3.67. The summed E-state index contributed by atoms with van der Waals surface area (Å²) in [5.74, 6) is 0. The van der Waals surface area contributed by atoms with E-state index in [2.05, 4.69) is 53.1 Å². The number of likely N-dealkylation sites (N-methyl/N-ethyl adjacent to an activating group) is 1. The van der Waals surface area contributed by atoms with Gasteiger partial charge in [-0.2, -0.15) is 5.10 Å². The lowest BCUT2D eigenvalue weighted by Crippen LogP contribution is -2.19. The van der Waals surface area contributed by atoms with Gasteiger partial charge < -0.3 is 5.32 Å². The summed E-state index contributed by atoms with van der Waals surface area (Å²) in [6, 6.07) is 8.72. The molecule has 0 radical (unpaired) electrons. The Kier molecular flexibility index (Phi) is 4.03. The van der Waals surface area contributed by atoms with E-state index in [1.165, 1.54) is 15.8 Å². The maximum absolute atomic E-state index is 4.80. The molecule has 3 aromatic rings. The zero-order valence-corrected chi connectivity index (χ0v) is 13.4. The molecule has 3 rings (SSSR count). The van der Waals surface area contributed by atoms with Crippen molar-refractivity contribution in [1.29, 1.82) is 0 Å². The van der Waals surface area contributed by atoms with Crippen molar-refractivity contribution in [3.05, 3.63) is 46.0 Å². The Balaban J connectivity index is 1.99. The van der Waals surface area contributed by atoms with Crippen molar-refractivity contribution < 1.29 is 0 Å². The van der Waals surface area contributed by atoms with Gasteiger partial charge in [0.05, 0.1) is 22.4 Å². The summed E-state index contributed by atoms with van der Waals surface area (Å²) in [7, 11) is 2.00. The quantitative estimate of drug-likeness (QED) is 0.786. The molecule has 1 aromatic carbocycles. The first-order valence-corrected chi connectivity index (χ1v) is 8.14. The van der Waals surface area contributed by atoms with Crippen molar-refractivity contribution in [3.8, 4) is 0 Å². The number of rotatable bonds is 5. The summed E-state index contributed by atoms with van der Waals surface area (Å²) in [4.78, 5) is 5.66. The molecule has 2 heterocycles. The van der Waals surface area contributed by atoms with E-state index in [9.17, 15) is 0 Å². The second-order valence-corrected chi connectivity index (χ2v) is 6.01. The van der Waals surface area contributed by atoms with Crippen LogP contribution in [0.25, 0.3) is 10.9 Å². The number of benzene rings is 1. The molecule has 0 aliphatic carbocycles.